The lowest BCUT2D eigenvalue weighted by Gasteiger charge is -2.26. The molecule has 27 heavy (non-hydrogen) atoms. The number of amides is 1. The second-order valence-electron chi connectivity index (χ2n) is 6.17. The maximum atomic E-state index is 12.6. The van der Waals surface area contributed by atoms with Crippen molar-refractivity contribution in [3.05, 3.63) is 59.5 Å². The van der Waals surface area contributed by atoms with Crippen LogP contribution in [0.15, 0.2) is 58.8 Å². The highest BCUT2D eigenvalue weighted by Gasteiger charge is 2.26. The molecule has 0 unspecified atom stereocenters. The van der Waals surface area contributed by atoms with Gasteiger partial charge in [-0.2, -0.15) is 4.31 Å². The number of benzene rings is 2. The Morgan fingerprint density at radius 2 is 1.78 bits per heavy atom. The molecule has 0 radical (unpaired) electrons. The van der Waals surface area contributed by atoms with Crippen LogP contribution in [0.5, 0.6) is 0 Å². The summed E-state index contributed by atoms with van der Waals surface area (Å²) in [6.07, 6.45) is 0. The number of morpholine rings is 1. The first-order valence-electron chi connectivity index (χ1n) is 8.51. The predicted octanol–water partition coefficient (Wildman–Crippen LogP) is 3.17. The van der Waals surface area contributed by atoms with Gasteiger partial charge in [0, 0.05) is 29.0 Å². The topological polar surface area (TPSA) is 75.7 Å². The Labute approximate surface area is 161 Å². The third kappa shape index (κ3) is 3.74. The molecule has 6 nitrogen and oxygen atoms in total. The smallest absolute Gasteiger partial charge is 0.255 e. The Hall–Kier alpha value is -2.26. The standard InChI is InChI=1S/C19H18N2O4S2/c22-19(20-16-3-6-18-15(13-16)7-12-26-18)14-1-4-17(5-2-14)27(23,24)21-8-10-25-11-9-21/h1-7,12-13H,8-11H2,(H,20,22). The van der Waals surface area contributed by atoms with E-state index in [9.17, 15) is 13.2 Å². The zero-order valence-corrected chi connectivity index (χ0v) is 16.1. The summed E-state index contributed by atoms with van der Waals surface area (Å²) in [5.74, 6) is -0.278. The SMILES string of the molecule is O=C(Nc1ccc2sccc2c1)c1ccc(S(=O)(=O)N2CCOCC2)cc1. The summed E-state index contributed by atoms with van der Waals surface area (Å²) in [7, 11) is -3.56. The van der Waals surface area contributed by atoms with Crippen molar-refractivity contribution in [2.24, 2.45) is 0 Å². The molecule has 2 heterocycles. The molecule has 0 spiro atoms. The van der Waals surface area contributed by atoms with Gasteiger partial charge in [0.25, 0.3) is 5.91 Å². The Morgan fingerprint density at radius 3 is 2.52 bits per heavy atom. The van der Waals surface area contributed by atoms with Crippen LogP contribution in [0.4, 0.5) is 5.69 Å². The highest BCUT2D eigenvalue weighted by molar-refractivity contribution is 7.89. The number of nitrogens with one attached hydrogen (secondary N) is 1. The van der Waals surface area contributed by atoms with Gasteiger partial charge in [-0.15, -0.1) is 11.3 Å². The monoisotopic (exact) mass is 402 g/mol. The molecule has 0 aliphatic carbocycles. The molecule has 1 fully saturated rings. The Bertz CT molecular complexity index is 1070. The number of hydrogen-bond acceptors (Lipinski definition) is 5. The van der Waals surface area contributed by atoms with Crippen LogP contribution in [-0.4, -0.2) is 44.9 Å². The fraction of sp³-hybridized carbons (Fsp3) is 0.211. The minimum Gasteiger partial charge on any atom is -0.379 e. The van der Waals surface area contributed by atoms with Crippen LogP contribution < -0.4 is 5.32 Å². The highest BCUT2D eigenvalue weighted by Crippen LogP contribution is 2.24. The molecule has 3 aromatic rings. The second-order valence-corrected chi connectivity index (χ2v) is 9.05. The molecule has 0 atom stereocenters. The predicted molar refractivity (Wildman–Crippen MR) is 106 cm³/mol. The number of anilines is 1. The molecular formula is C19H18N2O4S2. The first kappa shape index (κ1) is 18.1. The first-order valence-corrected chi connectivity index (χ1v) is 10.8. The van der Waals surface area contributed by atoms with Crippen molar-refractivity contribution in [2.75, 3.05) is 31.6 Å². The normalized spacial score (nSPS) is 15.7. The van der Waals surface area contributed by atoms with Gasteiger partial charge in [0.1, 0.15) is 0 Å². The van der Waals surface area contributed by atoms with E-state index in [2.05, 4.69) is 5.32 Å². The number of nitrogens with zero attached hydrogens (tertiary/aromatic N) is 1. The van der Waals surface area contributed by atoms with Crippen molar-refractivity contribution in [2.45, 2.75) is 4.90 Å². The van der Waals surface area contributed by atoms with Gasteiger partial charge in [0.15, 0.2) is 0 Å². The van der Waals surface area contributed by atoms with Crippen molar-refractivity contribution < 1.29 is 17.9 Å². The van der Waals surface area contributed by atoms with Crippen molar-refractivity contribution in [3.8, 4) is 0 Å². The van der Waals surface area contributed by atoms with E-state index < -0.39 is 10.0 Å². The molecule has 1 aliphatic rings. The molecule has 0 bridgehead atoms. The summed E-state index contributed by atoms with van der Waals surface area (Å²) in [6.45, 7) is 1.48. The molecule has 0 saturated carbocycles. The van der Waals surface area contributed by atoms with Crippen LogP contribution in [0, 0.1) is 0 Å². The Morgan fingerprint density at radius 1 is 1.04 bits per heavy atom. The van der Waals surface area contributed by atoms with E-state index in [1.807, 2.05) is 29.6 Å². The highest BCUT2D eigenvalue weighted by atomic mass is 32.2. The fourth-order valence-corrected chi connectivity index (χ4v) is 5.14. The number of carbonyl (C=O) groups is 1. The molecule has 1 aromatic heterocycles. The number of ether oxygens (including phenoxy) is 1. The molecule has 1 aliphatic heterocycles. The average Bonchev–Trinajstić information content (AvgIpc) is 3.16. The van der Waals surface area contributed by atoms with Crippen LogP contribution in [-0.2, 0) is 14.8 Å². The van der Waals surface area contributed by atoms with E-state index in [0.29, 0.717) is 37.6 Å². The van der Waals surface area contributed by atoms with Crippen molar-refractivity contribution >= 4 is 43.0 Å². The summed E-state index contributed by atoms with van der Waals surface area (Å²) in [6, 6.07) is 13.8. The zero-order chi connectivity index (χ0) is 18.9. The number of hydrogen-bond donors (Lipinski definition) is 1. The summed E-state index contributed by atoms with van der Waals surface area (Å²) >= 11 is 1.65. The van der Waals surface area contributed by atoms with Gasteiger partial charge in [-0.25, -0.2) is 8.42 Å². The molecule has 8 heteroatoms. The van der Waals surface area contributed by atoms with E-state index in [0.717, 1.165) is 10.1 Å². The summed E-state index contributed by atoms with van der Waals surface area (Å²) in [4.78, 5) is 12.6. The zero-order valence-electron chi connectivity index (χ0n) is 14.4. The van der Waals surface area contributed by atoms with Gasteiger partial charge in [-0.1, -0.05) is 0 Å². The maximum Gasteiger partial charge on any atom is 0.255 e. The Kier molecular flexibility index (Phi) is 4.96. The van der Waals surface area contributed by atoms with E-state index in [4.69, 9.17) is 4.74 Å². The number of fused-ring (bicyclic) bond motifs is 1. The number of thiophene rings is 1. The van der Waals surface area contributed by atoms with Gasteiger partial charge in [0.2, 0.25) is 10.0 Å². The van der Waals surface area contributed by atoms with Crippen molar-refractivity contribution in [1.82, 2.24) is 4.31 Å². The van der Waals surface area contributed by atoms with Gasteiger partial charge < -0.3 is 10.1 Å². The molecule has 2 aromatic carbocycles. The lowest BCUT2D eigenvalue weighted by Crippen LogP contribution is -2.40. The fourth-order valence-electron chi connectivity index (χ4n) is 2.96. The van der Waals surface area contributed by atoms with Gasteiger partial charge in [-0.3, -0.25) is 4.79 Å². The molecule has 140 valence electrons. The molecule has 4 rings (SSSR count). The van der Waals surface area contributed by atoms with Gasteiger partial charge in [-0.05, 0) is 59.3 Å². The number of sulfonamides is 1. The molecular weight excluding hydrogens is 384 g/mol. The van der Waals surface area contributed by atoms with Crippen LogP contribution in [0.3, 0.4) is 0 Å². The average molecular weight is 402 g/mol. The van der Waals surface area contributed by atoms with Crippen LogP contribution in [0.2, 0.25) is 0 Å². The Balaban J connectivity index is 1.50. The quantitative estimate of drug-likeness (QED) is 0.727. The lowest BCUT2D eigenvalue weighted by atomic mass is 10.2. The first-order chi connectivity index (χ1) is 13.0. The lowest BCUT2D eigenvalue weighted by molar-refractivity contribution is 0.0730. The van der Waals surface area contributed by atoms with Crippen molar-refractivity contribution in [1.29, 1.82) is 0 Å². The van der Waals surface area contributed by atoms with E-state index in [-0.39, 0.29) is 10.8 Å². The van der Waals surface area contributed by atoms with Crippen LogP contribution in [0.1, 0.15) is 10.4 Å². The minimum atomic E-state index is -3.56. The molecule has 1 amide bonds. The van der Waals surface area contributed by atoms with Crippen molar-refractivity contribution in [3.63, 3.8) is 0 Å². The van der Waals surface area contributed by atoms with E-state index in [1.165, 1.54) is 28.6 Å². The largest absolute Gasteiger partial charge is 0.379 e. The summed E-state index contributed by atoms with van der Waals surface area (Å²) in [5, 5.41) is 5.93. The summed E-state index contributed by atoms with van der Waals surface area (Å²) < 4.78 is 33.0. The number of rotatable bonds is 4. The third-order valence-corrected chi connectivity index (χ3v) is 7.25. The summed E-state index contributed by atoms with van der Waals surface area (Å²) in [5.41, 5.74) is 1.11. The van der Waals surface area contributed by atoms with Crippen LogP contribution >= 0.6 is 11.3 Å². The number of carbonyl (C=O) groups excluding carboxylic acids is 1. The second kappa shape index (κ2) is 7.40. The molecule has 1 N–H and O–H groups in total. The van der Waals surface area contributed by atoms with E-state index in [1.54, 1.807) is 11.3 Å². The third-order valence-electron chi connectivity index (χ3n) is 4.43. The van der Waals surface area contributed by atoms with Crippen LogP contribution in [0.25, 0.3) is 10.1 Å². The van der Waals surface area contributed by atoms with Gasteiger partial charge in [0.05, 0.1) is 18.1 Å². The molecule has 1 saturated heterocycles. The maximum absolute atomic E-state index is 12.6. The minimum absolute atomic E-state index is 0.181. The van der Waals surface area contributed by atoms with Gasteiger partial charge >= 0.3 is 0 Å². The van der Waals surface area contributed by atoms with E-state index >= 15 is 0 Å².